The third-order valence-corrected chi connectivity index (χ3v) is 1.33. The van der Waals surface area contributed by atoms with Gasteiger partial charge < -0.3 is 10.4 Å². The van der Waals surface area contributed by atoms with Crippen LogP contribution in [0, 0.1) is 0 Å². The van der Waals surface area contributed by atoms with Crippen LogP contribution in [-0.2, 0) is 4.79 Å². The van der Waals surface area contributed by atoms with Gasteiger partial charge in [-0.3, -0.25) is 4.79 Å². The summed E-state index contributed by atoms with van der Waals surface area (Å²) in [5.74, 6) is -0.511. The van der Waals surface area contributed by atoms with Gasteiger partial charge in [0.1, 0.15) is 6.10 Å². The van der Waals surface area contributed by atoms with Gasteiger partial charge in [-0.25, -0.2) is 8.78 Å². The van der Waals surface area contributed by atoms with Gasteiger partial charge in [-0.1, -0.05) is 18.2 Å². The Morgan fingerprint density at radius 1 is 1.50 bits per heavy atom. The summed E-state index contributed by atoms with van der Waals surface area (Å²) in [6.45, 7) is 1.33. The summed E-state index contributed by atoms with van der Waals surface area (Å²) in [6, 6.07) is 0. The predicted octanol–water partition coefficient (Wildman–Crippen LogP) is 0.861. The van der Waals surface area contributed by atoms with Gasteiger partial charge in [0.25, 0.3) is 6.43 Å². The van der Waals surface area contributed by atoms with Crippen molar-refractivity contribution in [1.29, 1.82) is 0 Å². The number of carbonyl (C=O) groups is 1. The van der Waals surface area contributed by atoms with Gasteiger partial charge in [-0.05, 0) is 6.92 Å². The standard InChI is InChI=1S/C9H13F2NO2/c1-2-3-4-5-8(14)12-6-7(13)9(10)11/h2-5,7,9,13H,6H2,1H3,(H,12,14). The van der Waals surface area contributed by atoms with E-state index in [9.17, 15) is 13.6 Å². The first-order valence-electron chi connectivity index (χ1n) is 4.11. The number of alkyl halides is 2. The quantitative estimate of drug-likeness (QED) is 0.516. The number of carbonyl (C=O) groups excluding carboxylic acids is 1. The van der Waals surface area contributed by atoms with Crippen LogP contribution in [0.15, 0.2) is 24.3 Å². The summed E-state index contributed by atoms with van der Waals surface area (Å²) >= 11 is 0. The monoisotopic (exact) mass is 205 g/mol. The number of aliphatic hydroxyl groups excluding tert-OH is 1. The van der Waals surface area contributed by atoms with Gasteiger partial charge in [0.05, 0.1) is 0 Å². The summed E-state index contributed by atoms with van der Waals surface area (Å²) in [5, 5.41) is 10.8. The van der Waals surface area contributed by atoms with Crippen molar-refractivity contribution in [3.05, 3.63) is 24.3 Å². The van der Waals surface area contributed by atoms with E-state index < -0.39 is 25.0 Å². The maximum atomic E-state index is 11.8. The third-order valence-electron chi connectivity index (χ3n) is 1.33. The smallest absolute Gasteiger partial charge is 0.265 e. The topological polar surface area (TPSA) is 49.3 Å². The van der Waals surface area contributed by atoms with Crippen molar-refractivity contribution in [2.75, 3.05) is 6.54 Å². The van der Waals surface area contributed by atoms with E-state index in [1.165, 1.54) is 12.2 Å². The molecule has 0 aliphatic carbocycles. The Morgan fingerprint density at radius 3 is 2.64 bits per heavy atom. The molecule has 0 saturated carbocycles. The second kappa shape index (κ2) is 7.20. The summed E-state index contributed by atoms with van der Waals surface area (Å²) in [6.07, 6.45) is 1.37. The SMILES string of the molecule is CC=CC=CC(=O)NCC(O)C(F)F. The minimum atomic E-state index is -2.84. The first kappa shape index (κ1) is 12.8. The molecule has 1 atom stereocenters. The number of halogens is 2. The van der Waals surface area contributed by atoms with Crippen LogP contribution >= 0.6 is 0 Å². The highest BCUT2D eigenvalue weighted by Crippen LogP contribution is 1.98. The maximum Gasteiger partial charge on any atom is 0.265 e. The molecule has 2 N–H and O–H groups in total. The predicted molar refractivity (Wildman–Crippen MR) is 49.0 cm³/mol. The molecule has 0 heterocycles. The van der Waals surface area contributed by atoms with E-state index in [0.29, 0.717) is 0 Å². The average molecular weight is 205 g/mol. The lowest BCUT2D eigenvalue weighted by molar-refractivity contribution is -0.117. The molecular formula is C9H13F2NO2. The number of hydrogen-bond donors (Lipinski definition) is 2. The van der Waals surface area contributed by atoms with E-state index in [0.717, 1.165) is 0 Å². The van der Waals surface area contributed by atoms with E-state index in [1.54, 1.807) is 19.1 Å². The molecule has 3 nitrogen and oxygen atoms in total. The second-order valence-corrected chi connectivity index (χ2v) is 2.53. The Bertz CT molecular complexity index is 227. The minimum Gasteiger partial charge on any atom is -0.385 e. The molecule has 0 aliphatic heterocycles. The zero-order valence-corrected chi connectivity index (χ0v) is 7.78. The highest BCUT2D eigenvalue weighted by Gasteiger charge is 2.16. The van der Waals surface area contributed by atoms with Crippen LogP contribution in [0.5, 0.6) is 0 Å². The van der Waals surface area contributed by atoms with E-state index >= 15 is 0 Å². The lowest BCUT2D eigenvalue weighted by Gasteiger charge is -2.08. The van der Waals surface area contributed by atoms with Crippen molar-refractivity contribution in [1.82, 2.24) is 5.32 Å². The average Bonchev–Trinajstić information content (AvgIpc) is 2.14. The van der Waals surface area contributed by atoms with Crippen LogP contribution in [0.3, 0.4) is 0 Å². The fourth-order valence-electron chi connectivity index (χ4n) is 0.607. The normalized spacial score (nSPS) is 14.1. The minimum absolute atomic E-state index is 0.448. The van der Waals surface area contributed by atoms with Crippen LogP contribution in [0.25, 0.3) is 0 Å². The third kappa shape index (κ3) is 6.30. The van der Waals surface area contributed by atoms with E-state index in [4.69, 9.17) is 5.11 Å². The Hall–Kier alpha value is -1.23. The summed E-state index contributed by atoms with van der Waals surface area (Å²) < 4.78 is 23.5. The van der Waals surface area contributed by atoms with Gasteiger partial charge in [-0.2, -0.15) is 0 Å². The number of allylic oxidation sites excluding steroid dienone is 3. The van der Waals surface area contributed by atoms with Crippen LogP contribution in [-0.4, -0.2) is 30.1 Å². The summed E-state index contributed by atoms with van der Waals surface area (Å²) in [4.78, 5) is 10.9. The summed E-state index contributed by atoms with van der Waals surface area (Å²) in [5.41, 5.74) is 0. The van der Waals surface area contributed by atoms with Crippen molar-refractivity contribution in [2.45, 2.75) is 19.5 Å². The highest BCUT2D eigenvalue weighted by molar-refractivity contribution is 5.87. The van der Waals surface area contributed by atoms with E-state index in [1.807, 2.05) is 0 Å². The molecule has 14 heavy (non-hydrogen) atoms. The number of rotatable bonds is 5. The number of hydrogen-bond acceptors (Lipinski definition) is 2. The Labute approximate surface area is 81.1 Å². The zero-order chi connectivity index (χ0) is 11.0. The molecule has 1 unspecified atom stereocenters. The molecule has 0 fully saturated rings. The molecule has 0 aromatic carbocycles. The lowest BCUT2D eigenvalue weighted by atomic mass is 10.3. The zero-order valence-electron chi connectivity index (χ0n) is 7.78. The highest BCUT2D eigenvalue weighted by atomic mass is 19.3. The first-order chi connectivity index (χ1) is 6.57. The van der Waals surface area contributed by atoms with Gasteiger partial charge in [0.2, 0.25) is 5.91 Å². The van der Waals surface area contributed by atoms with Crippen molar-refractivity contribution < 1.29 is 18.7 Å². The Morgan fingerprint density at radius 2 is 2.14 bits per heavy atom. The van der Waals surface area contributed by atoms with Crippen LogP contribution in [0.1, 0.15) is 6.92 Å². The van der Waals surface area contributed by atoms with Crippen molar-refractivity contribution in [3.8, 4) is 0 Å². The molecule has 5 heteroatoms. The van der Waals surface area contributed by atoms with Crippen LogP contribution < -0.4 is 5.32 Å². The van der Waals surface area contributed by atoms with Crippen molar-refractivity contribution >= 4 is 5.91 Å². The van der Waals surface area contributed by atoms with E-state index in [-0.39, 0.29) is 0 Å². The molecule has 0 bridgehead atoms. The molecule has 1 amide bonds. The Balaban J connectivity index is 3.74. The van der Waals surface area contributed by atoms with Crippen molar-refractivity contribution in [2.24, 2.45) is 0 Å². The first-order valence-corrected chi connectivity index (χ1v) is 4.11. The van der Waals surface area contributed by atoms with Gasteiger partial charge >= 0.3 is 0 Å². The molecule has 0 saturated heterocycles. The molecule has 0 radical (unpaired) electrons. The Kier molecular flexibility index (Phi) is 6.57. The van der Waals surface area contributed by atoms with Crippen LogP contribution in [0.4, 0.5) is 8.78 Å². The lowest BCUT2D eigenvalue weighted by Crippen LogP contribution is -2.34. The van der Waals surface area contributed by atoms with Gasteiger partial charge in [0.15, 0.2) is 0 Å². The number of amides is 1. The largest absolute Gasteiger partial charge is 0.385 e. The number of nitrogens with one attached hydrogen (secondary N) is 1. The van der Waals surface area contributed by atoms with E-state index in [2.05, 4.69) is 5.32 Å². The molecule has 80 valence electrons. The van der Waals surface area contributed by atoms with Crippen LogP contribution in [0.2, 0.25) is 0 Å². The molecule has 0 aliphatic rings. The van der Waals surface area contributed by atoms with Crippen molar-refractivity contribution in [3.63, 3.8) is 0 Å². The fraction of sp³-hybridized carbons (Fsp3) is 0.444. The molecule has 0 aromatic heterocycles. The fourth-order valence-corrected chi connectivity index (χ4v) is 0.607. The van der Waals surface area contributed by atoms with Gasteiger partial charge in [0, 0.05) is 12.6 Å². The summed E-state index contributed by atoms with van der Waals surface area (Å²) in [7, 11) is 0. The van der Waals surface area contributed by atoms with Gasteiger partial charge in [-0.15, -0.1) is 0 Å². The molecule has 0 aromatic rings. The second-order valence-electron chi connectivity index (χ2n) is 2.53. The number of aliphatic hydroxyl groups is 1. The molecular weight excluding hydrogens is 192 g/mol. The maximum absolute atomic E-state index is 11.8. The molecule has 0 rings (SSSR count). The molecule has 0 spiro atoms.